The van der Waals surface area contributed by atoms with Gasteiger partial charge in [-0.2, -0.15) is 0 Å². The molecule has 0 aliphatic heterocycles. The van der Waals surface area contributed by atoms with Gasteiger partial charge in [0.2, 0.25) is 5.88 Å². The minimum Gasteiger partial charge on any atom is -0.497 e. The van der Waals surface area contributed by atoms with Gasteiger partial charge in [0.1, 0.15) is 11.6 Å². The third-order valence-electron chi connectivity index (χ3n) is 4.36. The highest BCUT2D eigenvalue weighted by Crippen LogP contribution is 2.38. The predicted octanol–water partition coefficient (Wildman–Crippen LogP) is 4.46. The molecule has 3 rings (SSSR count). The second kappa shape index (κ2) is 7.61. The van der Waals surface area contributed by atoms with Gasteiger partial charge in [-0.15, -0.1) is 0 Å². The van der Waals surface area contributed by atoms with E-state index in [1.54, 1.807) is 25.3 Å². The van der Waals surface area contributed by atoms with Crippen molar-refractivity contribution in [3.8, 4) is 22.8 Å². The molecule has 0 radical (unpaired) electrons. The van der Waals surface area contributed by atoms with Gasteiger partial charge in [-0.1, -0.05) is 19.1 Å². The van der Waals surface area contributed by atoms with Gasteiger partial charge in [0, 0.05) is 10.9 Å². The number of hydrogen-bond acceptors (Lipinski definition) is 4. The van der Waals surface area contributed by atoms with Crippen molar-refractivity contribution in [2.24, 2.45) is 0 Å². The average Bonchev–Trinajstić information content (AvgIpc) is 2.68. The first-order valence-corrected chi connectivity index (χ1v) is 8.60. The Morgan fingerprint density at radius 3 is 2.48 bits per heavy atom. The number of rotatable bonds is 6. The molecule has 1 heterocycles. The van der Waals surface area contributed by atoms with Gasteiger partial charge in [-0.25, -0.2) is 14.2 Å². The molecular weight excluding hydrogens is 349 g/mol. The Balaban J connectivity index is 2.29. The highest BCUT2D eigenvalue weighted by Gasteiger charge is 2.20. The quantitative estimate of drug-likeness (QED) is 0.695. The Morgan fingerprint density at radius 1 is 1.19 bits per heavy atom. The SMILES string of the molecule is CCc1nc(O[C@@H](C)C(=O)O)c2cc(OC)ccc2c1-c1ccc(F)cc1. The average molecular weight is 369 g/mol. The van der Waals surface area contributed by atoms with Gasteiger partial charge in [-0.3, -0.25) is 0 Å². The largest absolute Gasteiger partial charge is 0.497 e. The minimum absolute atomic E-state index is 0.238. The topological polar surface area (TPSA) is 68.7 Å². The summed E-state index contributed by atoms with van der Waals surface area (Å²) < 4.78 is 24.3. The van der Waals surface area contributed by atoms with Crippen LogP contribution < -0.4 is 9.47 Å². The number of benzene rings is 2. The summed E-state index contributed by atoms with van der Waals surface area (Å²) in [6, 6.07) is 11.7. The van der Waals surface area contributed by atoms with Crippen LogP contribution in [-0.2, 0) is 11.2 Å². The molecule has 3 aromatic rings. The zero-order valence-electron chi connectivity index (χ0n) is 15.3. The standard InChI is InChI=1S/C21H20FNO4/c1-4-18-19(13-5-7-14(22)8-6-13)16-10-9-15(26-3)11-17(16)20(23-18)27-12(2)21(24)25/h5-12H,4H2,1-3H3,(H,24,25)/t12-/m0/s1. The molecule has 0 aliphatic carbocycles. The Bertz CT molecular complexity index is 986. The zero-order valence-corrected chi connectivity index (χ0v) is 15.3. The van der Waals surface area contributed by atoms with Crippen LogP contribution in [0, 0.1) is 5.82 Å². The Labute approximate surface area is 156 Å². The number of halogens is 1. The minimum atomic E-state index is -1.08. The van der Waals surface area contributed by atoms with E-state index >= 15 is 0 Å². The number of carboxylic acid groups (broad SMARTS) is 1. The molecule has 5 nitrogen and oxygen atoms in total. The van der Waals surface area contributed by atoms with Crippen LogP contribution in [0.4, 0.5) is 4.39 Å². The number of nitrogens with zero attached hydrogens (tertiary/aromatic N) is 1. The van der Waals surface area contributed by atoms with E-state index in [0.29, 0.717) is 17.6 Å². The van der Waals surface area contributed by atoms with E-state index in [9.17, 15) is 14.3 Å². The number of carbonyl (C=O) groups is 1. The molecule has 0 amide bonds. The van der Waals surface area contributed by atoms with Gasteiger partial charge < -0.3 is 14.6 Å². The summed E-state index contributed by atoms with van der Waals surface area (Å²) in [4.78, 5) is 15.8. The van der Waals surface area contributed by atoms with Crippen molar-refractivity contribution in [3.05, 3.63) is 54.0 Å². The molecule has 2 aromatic carbocycles. The first-order chi connectivity index (χ1) is 12.9. The van der Waals surface area contributed by atoms with E-state index in [1.165, 1.54) is 19.1 Å². The lowest BCUT2D eigenvalue weighted by molar-refractivity contribution is -0.144. The van der Waals surface area contributed by atoms with Crippen LogP contribution in [0.1, 0.15) is 19.5 Å². The van der Waals surface area contributed by atoms with Crippen LogP contribution in [0.15, 0.2) is 42.5 Å². The van der Waals surface area contributed by atoms with E-state index in [2.05, 4.69) is 4.98 Å². The van der Waals surface area contributed by atoms with E-state index < -0.39 is 12.1 Å². The van der Waals surface area contributed by atoms with Crippen LogP contribution in [-0.4, -0.2) is 29.3 Å². The van der Waals surface area contributed by atoms with Crippen molar-refractivity contribution in [3.63, 3.8) is 0 Å². The van der Waals surface area contributed by atoms with Crippen LogP contribution in [0.5, 0.6) is 11.6 Å². The van der Waals surface area contributed by atoms with Gasteiger partial charge >= 0.3 is 5.97 Å². The van der Waals surface area contributed by atoms with Crippen molar-refractivity contribution in [2.75, 3.05) is 7.11 Å². The number of ether oxygens (including phenoxy) is 2. The Morgan fingerprint density at radius 2 is 1.89 bits per heavy atom. The smallest absolute Gasteiger partial charge is 0.344 e. The molecule has 1 aromatic heterocycles. The van der Waals surface area contributed by atoms with Gasteiger partial charge in [0.15, 0.2) is 6.10 Å². The molecular formula is C21H20FNO4. The van der Waals surface area contributed by atoms with Crippen molar-refractivity contribution in [1.82, 2.24) is 4.98 Å². The Hall–Kier alpha value is -3.15. The number of hydrogen-bond donors (Lipinski definition) is 1. The fraction of sp³-hybridized carbons (Fsp3) is 0.238. The molecule has 0 aliphatic rings. The summed E-state index contributed by atoms with van der Waals surface area (Å²) in [5.41, 5.74) is 2.44. The molecule has 0 unspecified atom stereocenters. The van der Waals surface area contributed by atoms with Crippen LogP contribution in [0.3, 0.4) is 0 Å². The highest BCUT2D eigenvalue weighted by atomic mass is 19.1. The monoisotopic (exact) mass is 369 g/mol. The summed E-state index contributed by atoms with van der Waals surface area (Å²) in [6.45, 7) is 3.41. The number of methoxy groups -OCH3 is 1. The van der Waals surface area contributed by atoms with Crippen molar-refractivity contribution in [2.45, 2.75) is 26.4 Å². The van der Waals surface area contributed by atoms with E-state index in [4.69, 9.17) is 9.47 Å². The third kappa shape index (κ3) is 3.69. The summed E-state index contributed by atoms with van der Waals surface area (Å²) in [5, 5.41) is 10.7. The maximum Gasteiger partial charge on any atom is 0.344 e. The number of carboxylic acids is 1. The lowest BCUT2D eigenvalue weighted by Crippen LogP contribution is -2.23. The number of pyridine rings is 1. The Kier molecular flexibility index (Phi) is 5.26. The fourth-order valence-corrected chi connectivity index (χ4v) is 2.94. The van der Waals surface area contributed by atoms with Gasteiger partial charge in [0.25, 0.3) is 0 Å². The maximum atomic E-state index is 13.4. The van der Waals surface area contributed by atoms with Crippen molar-refractivity contribution < 1.29 is 23.8 Å². The van der Waals surface area contributed by atoms with Crippen LogP contribution in [0.2, 0.25) is 0 Å². The summed E-state index contributed by atoms with van der Waals surface area (Å²) in [7, 11) is 1.55. The molecule has 0 spiro atoms. The molecule has 1 atom stereocenters. The first kappa shape index (κ1) is 18.6. The summed E-state index contributed by atoms with van der Waals surface area (Å²) >= 11 is 0. The van der Waals surface area contributed by atoms with Crippen LogP contribution >= 0.6 is 0 Å². The highest BCUT2D eigenvalue weighted by molar-refractivity contribution is 6.01. The summed E-state index contributed by atoms with van der Waals surface area (Å²) in [6.07, 6.45) is -0.444. The first-order valence-electron chi connectivity index (χ1n) is 8.60. The molecule has 0 bridgehead atoms. The van der Waals surface area contributed by atoms with E-state index in [0.717, 1.165) is 22.2 Å². The molecule has 0 saturated carbocycles. The number of aliphatic carboxylic acids is 1. The molecule has 27 heavy (non-hydrogen) atoms. The van der Waals surface area contributed by atoms with Crippen molar-refractivity contribution in [1.29, 1.82) is 0 Å². The molecule has 1 N–H and O–H groups in total. The fourth-order valence-electron chi connectivity index (χ4n) is 2.94. The zero-order chi connectivity index (χ0) is 19.6. The maximum absolute atomic E-state index is 13.4. The number of fused-ring (bicyclic) bond motifs is 1. The summed E-state index contributed by atoms with van der Waals surface area (Å²) in [5.74, 6) is -0.549. The van der Waals surface area contributed by atoms with Crippen molar-refractivity contribution >= 4 is 16.7 Å². The number of aryl methyl sites for hydroxylation is 1. The molecule has 6 heteroatoms. The second-order valence-electron chi connectivity index (χ2n) is 6.11. The molecule has 0 fully saturated rings. The lowest BCUT2D eigenvalue weighted by Gasteiger charge is -2.18. The molecule has 140 valence electrons. The van der Waals surface area contributed by atoms with Crippen LogP contribution in [0.25, 0.3) is 21.9 Å². The number of aromatic nitrogens is 1. The van der Waals surface area contributed by atoms with Gasteiger partial charge in [0.05, 0.1) is 12.8 Å². The normalized spacial score (nSPS) is 12.0. The predicted molar refractivity (Wildman–Crippen MR) is 101 cm³/mol. The molecule has 0 saturated heterocycles. The van der Waals surface area contributed by atoms with E-state index in [1.807, 2.05) is 19.1 Å². The third-order valence-corrected chi connectivity index (χ3v) is 4.36. The second-order valence-corrected chi connectivity index (χ2v) is 6.11. The van der Waals surface area contributed by atoms with Gasteiger partial charge in [-0.05, 0) is 54.6 Å². The van der Waals surface area contributed by atoms with E-state index in [-0.39, 0.29) is 11.7 Å². The lowest BCUT2D eigenvalue weighted by atomic mass is 9.96.